The van der Waals surface area contributed by atoms with E-state index in [4.69, 9.17) is 4.74 Å². The Kier molecular flexibility index (Phi) is 6.08. The number of nitriles is 1. The molecule has 3 aromatic carbocycles. The monoisotopic (exact) mass is 370 g/mol. The number of ether oxygens (including phenoxy) is 1. The molecule has 0 fully saturated rings. The van der Waals surface area contributed by atoms with E-state index in [-0.39, 0.29) is 17.5 Å². The standard InChI is InChI=1S/C24H22N2O2/c1-17(2)26-24(27)22(15-25)13-18-8-11-23(12-9-18)28-16-19-7-10-20-5-3-4-6-21(20)14-19/h3-14,17H,16H2,1-2H3,(H,26,27)/b22-13+. The molecule has 0 spiro atoms. The van der Waals surface area contributed by atoms with Crippen LogP contribution in [0.4, 0.5) is 0 Å². The van der Waals surface area contributed by atoms with Gasteiger partial charge in [-0.25, -0.2) is 0 Å². The lowest BCUT2D eigenvalue weighted by Crippen LogP contribution is -2.30. The van der Waals surface area contributed by atoms with E-state index in [9.17, 15) is 10.1 Å². The van der Waals surface area contributed by atoms with Crippen molar-refractivity contribution in [1.29, 1.82) is 5.26 Å². The number of hydrogen-bond acceptors (Lipinski definition) is 3. The Labute approximate surface area is 165 Å². The number of hydrogen-bond donors (Lipinski definition) is 1. The molecule has 0 aliphatic carbocycles. The molecule has 1 N–H and O–H groups in total. The highest BCUT2D eigenvalue weighted by atomic mass is 16.5. The molecule has 0 aliphatic rings. The van der Waals surface area contributed by atoms with Gasteiger partial charge < -0.3 is 10.1 Å². The van der Waals surface area contributed by atoms with E-state index in [0.717, 1.165) is 16.9 Å². The van der Waals surface area contributed by atoms with Crippen LogP contribution in [-0.4, -0.2) is 11.9 Å². The van der Waals surface area contributed by atoms with Crippen LogP contribution in [0.1, 0.15) is 25.0 Å². The average Bonchev–Trinajstić information content (AvgIpc) is 2.70. The topological polar surface area (TPSA) is 62.1 Å². The number of benzene rings is 3. The molecular weight excluding hydrogens is 348 g/mol. The van der Waals surface area contributed by atoms with Crippen molar-refractivity contribution in [3.63, 3.8) is 0 Å². The molecule has 0 saturated carbocycles. The van der Waals surface area contributed by atoms with Gasteiger partial charge in [0, 0.05) is 6.04 Å². The Hall–Kier alpha value is -3.58. The van der Waals surface area contributed by atoms with Crippen LogP contribution in [0.5, 0.6) is 5.75 Å². The smallest absolute Gasteiger partial charge is 0.262 e. The Morgan fingerprint density at radius 3 is 2.46 bits per heavy atom. The van der Waals surface area contributed by atoms with Gasteiger partial charge in [0.25, 0.3) is 5.91 Å². The van der Waals surface area contributed by atoms with Gasteiger partial charge >= 0.3 is 0 Å². The van der Waals surface area contributed by atoms with Crippen LogP contribution in [0.25, 0.3) is 16.8 Å². The summed E-state index contributed by atoms with van der Waals surface area (Å²) in [4.78, 5) is 12.0. The second-order valence-corrected chi connectivity index (χ2v) is 6.84. The zero-order valence-electron chi connectivity index (χ0n) is 16.0. The van der Waals surface area contributed by atoms with E-state index in [0.29, 0.717) is 6.61 Å². The van der Waals surface area contributed by atoms with Gasteiger partial charge in [-0.3, -0.25) is 4.79 Å². The third kappa shape index (κ3) is 4.99. The third-order valence-electron chi connectivity index (χ3n) is 4.20. The van der Waals surface area contributed by atoms with Crippen LogP contribution >= 0.6 is 0 Å². The van der Waals surface area contributed by atoms with E-state index in [1.165, 1.54) is 10.8 Å². The molecule has 0 aliphatic heterocycles. The summed E-state index contributed by atoms with van der Waals surface area (Å²) in [6.07, 6.45) is 1.57. The molecule has 0 atom stereocenters. The molecule has 3 rings (SSSR count). The predicted octanol–water partition coefficient (Wildman–Crippen LogP) is 4.85. The Bertz CT molecular complexity index is 1040. The summed E-state index contributed by atoms with van der Waals surface area (Å²) < 4.78 is 5.86. The van der Waals surface area contributed by atoms with E-state index in [1.54, 1.807) is 6.08 Å². The summed E-state index contributed by atoms with van der Waals surface area (Å²) in [5, 5.41) is 14.3. The van der Waals surface area contributed by atoms with Gasteiger partial charge in [-0.15, -0.1) is 0 Å². The first-order valence-electron chi connectivity index (χ1n) is 9.18. The largest absolute Gasteiger partial charge is 0.489 e. The highest BCUT2D eigenvalue weighted by Gasteiger charge is 2.09. The number of carbonyl (C=O) groups is 1. The summed E-state index contributed by atoms with van der Waals surface area (Å²) in [5.41, 5.74) is 1.95. The van der Waals surface area contributed by atoms with Crippen LogP contribution in [0.3, 0.4) is 0 Å². The first-order valence-corrected chi connectivity index (χ1v) is 9.18. The molecule has 28 heavy (non-hydrogen) atoms. The van der Waals surface area contributed by atoms with E-state index in [2.05, 4.69) is 35.6 Å². The quantitative estimate of drug-likeness (QED) is 0.498. The van der Waals surface area contributed by atoms with Gasteiger partial charge in [-0.1, -0.05) is 48.5 Å². The maximum atomic E-state index is 12.0. The van der Waals surface area contributed by atoms with E-state index < -0.39 is 0 Å². The predicted molar refractivity (Wildman–Crippen MR) is 112 cm³/mol. The lowest BCUT2D eigenvalue weighted by molar-refractivity contribution is -0.117. The highest BCUT2D eigenvalue weighted by Crippen LogP contribution is 2.19. The average molecular weight is 370 g/mol. The van der Waals surface area contributed by atoms with E-state index in [1.807, 2.05) is 56.3 Å². The minimum absolute atomic E-state index is 0.0184. The van der Waals surface area contributed by atoms with Crippen LogP contribution in [-0.2, 0) is 11.4 Å². The normalized spacial score (nSPS) is 11.3. The summed E-state index contributed by atoms with van der Waals surface area (Å²) in [5.74, 6) is 0.365. The Balaban J connectivity index is 1.66. The SMILES string of the molecule is CC(C)NC(=O)/C(C#N)=C/c1ccc(OCc2ccc3ccccc3c2)cc1. The van der Waals surface area contributed by atoms with Gasteiger partial charge in [0.05, 0.1) is 0 Å². The fraction of sp³-hybridized carbons (Fsp3) is 0.167. The molecule has 0 unspecified atom stereocenters. The molecule has 0 heterocycles. The first kappa shape index (κ1) is 19.2. The number of rotatable bonds is 6. The van der Waals surface area contributed by atoms with Gasteiger partial charge in [0.2, 0.25) is 0 Å². The third-order valence-corrected chi connectivity index (χ3v) is 4.20. The van der Waals surface area contributed by atoms with Crippen molar-refractivity contribution in [2.45, 2.75) is 26.5 Å². The number of fused-ring (bicyclic) bond motifs is 1. The summed E-state index contributed by atoms with van der Waals surface area (Å²) in [6, 6.07) is 23.8. The van der Waals surface area contributed by atoms with Crippen molar-refractivity contribution in [1.82, 2.24) is 5.32 Å². The van der Waals surface area contributed by atoms with Crippen molar-refractivity contribution in [3.05, 3.63) is 83.4 Å². The number of carbonyl (C=O) groups excluding carboxylic acids is 1. The number of nitrogens with one attached hydrogen (secondary N) is 1. The summed E-state index contributed by atoms with van der Waals surface area (Å²) >= 11 is 0. The number of nitrogens with zero attached hydrogens (tertiary/aromatic N) is 1. The Morgan fingerprint density at radius 1 is 1.07 bits per heavy atom. The fourth-order valence-electron chi connectivity index (χ4n) is 2.81. The van der Waals surface area contributed by atoms with Gasteiger partial charge in [0.1, 0.15) is 24.0 Å². The van der Waals surface area contributed by atoms with Gasteiger partial charge in [0.15, 0.2) is 0 Å². The van der Waals surface area contributed by atoms with Crippen LogP contribution < -0.4 is 10.1 Å². The van der Waals surface area contributed by atoms with Crippen LogP contribution in [0.15, 0.2) is 72.3 Å². The number of amides is 1. The summed E-state index contributed by atoms with van der Waals surface area (Å²) in [6.45, 7) is 4.18. The lowest BCUT2D eigenvalue weighted by atomic mass is 10.1. The van der Waals surface area contributed by atoms with Crippen molar-refractivity contribution in [3.8, 4) is 11.8 Å². The molecule has 0 saturated heterocycles. The summed E-state index contributed by atoms with van der Waals surface area (Å²) in [7, 11) is 0. The van der Waals surface area contributed by atoms with Crippen molar-refractivity contribution in [2.24, 2.45) is 0 Å². The second-order valence-electron chi connectivity index (χ2n) is 6.84. The minimum atomic E-state index is -0.367. The van der Waals surface area contributed by atoms with E-state index >= 15 is 0 Å². The zero-order chi connectivity index (χ0) is 19.9. The first-order chi connectivity index (χ1) is 13.5. The molecular formula is C24H22N2O2. The molecule has 4 nitrogen and oxygen atoms in total. The van der Waals surface area contributed by atoms with Crippen molar-refractivity contribution < 1.29 is 9.53 Å². The minimum Gasteiger partial charge on any atom is -0.489 e. The van der Waals surface area contributed by atoms with Gasteiger partial charge in [-0.2, -0.15) is 5.26 Å². The Morgan fingerprint density at radius 2 is 1.79 bits per heavy atom. The van der Waals surface area contributed by atoms with Crippen molar-refractivity contribution >= 4 is 22.8 Å². The fourth-order valence-corrected chi connectivity index (χ4v) is 2.81. The maximum absolute atomic E-state index is 12.0. The maximum Gasteiger partial charge on any atom is 0.262 e. The molecule has 4 heteroatoms. The highest BCUT2D eigenvalue weighted by molar-refractivity contribution is 6.01. The molecule has 140 valence electrons. The van der Waals surface area contributed by atoms with Crippen LogP contribution in [0, 0.1) is 11.3 Å². The van der Waals surface area contributed by atoms with Gasteiger partial charge in [-0.05, 0) is 60.0 Å². The molecule has 0 radical (unpaired) electrons. The molecule has 1 amide bonds. The lowest BCUT2D eigenvalue weighted by Gasteiger charge is -2.08. The van der Waals surface area contributed by atoms with Crippen molar-refractivity contribution in [2.75, 3.05) is 0 Å². The molecule has 3 aromatic rings. The van der Waals surface area contributed by atoms with Crippen LogP contribution in [0.2, 0.25) is 0 Å². The second kappa shape index (κ2) is 8.88. The molecule has 0 aromatic heterocycles. The molecule has 0 bridgehead atoms. The zero-order valence-corrected chi connectivity index (χ0v) is 16.0.